The van der Waals surface area contributed by atoms with E-state index in [2.05, 4.69) is 4.98 Å². The summed E-state index contributed by atoms with van der Waals surface area (Å²) >= 11 is 1.65. The topological polar surface area (TPSA) is 72.3 Å². The summed E-state index contributed by atoms with van der Waals surface area (Å²) in [5.41, 5.74) is 2.11. The predicted molar refractivity (Wildman–Crippen MR) is 112 cm³/mol. The van der Waals surface area contributed by atoms with E-state index in [1.54, 1.807) is 40.2 Å². The Hall–Kier alpha value is -2.80. The third kappa shape index (κ3) is 2.83. The van der Waals surface area contributed by atoms with E-state index >= 15 is 0 Å². The van der Waals surface area contributed by atoms with E-state index in [1.165, 1.54) is 21.8 Å². The van der Waals surface area contributed by atoms with Gasteiger partial charge in [0.15, 0.2) is 0 Å². The quantitative estimate of drug-likeness (QED) is 0.622. The van der Waals surface area contributed by atoms with Gasteiger partial charge in [0, 0.05) is 18.0 Å². The fraction of sp³-hybridized carbons (Fsp3) is 0.364. The molecule has 2 aromatic heterocycles. The molecular formula is C22H21N3O3S. The normalized spacial score (nSPS) is 15.8. The van der Waals surface area contributed by atoms with Gasteiger partial charge < -0.3 is 0 Å². The number of rotatable bonds is 4. The summed E-state index contributed by atoms with van der Waals surface area (Å²) in [7, 11) is 0. The summed E-state index contributed by atoms with van der Waals surface area (Å²) in [5.74, 6) is 0.175. The molecule has 29 heavy (non-hydrogen) atoms. The van der Waals surface area contributed by atoms with Gasteiger partial charge in [-0.2, -0.15) is 0 Å². The second kappa shape index (κ2) is 6.91. The number of benzene rings is 1. The summed E-state index contributed by atoms with van der Waals surface area (Å²) in [6.07, 6.45) is 4.80. The molecular weight excluding hydrogens is 386 g/mol. The van der Waals surface area contributed by atoms with Crippen LogP contribution in [0.3, 0.4) is 0 Å². The number of nitrogens with zero attached hydrogens (tertiary/aromatic N) is 3. The Morgan fingerprint density at radius 1 is 1.00 bits per heavy atom. The van der Waals surface area contributed by atoms with Gasteiger partial charge in [-0.3, -0.25) is 23.9 Å². The van der Waals surface area contributed by atoms with E-state index in [-0.39, 0.29) is 23.9 Å². The number of carbonyl (C=O) groups is 2. The Bertz CT molecular complexity index is 1190. The van der Waals surface area contributed by atoms with Crippen LogP contribution in [0.4, 0.5) is 0 Å². The molecule has 5 rings (SSSR count). The molecule has 2 amide bonds. The van der Waals surface area contributed by atoms with Crippen molar-refractivity contribution in [2.45, 2.75) is 45.6 Å². The van der Waals surface area contributed by atoms with Crippen LogP contribution in [-0.4, -0.2) is 32.8 Å². The van der Waals surface area contributed by atoms with Crippen molar-refractivity contribution in [3.8, 4) is 0 Å². The van der Waals surface area contributed by atoms with Crippen LogP contribution < -0.4 is 5.56 Å². The van der Waals surface area contributed by atoms with Gasteiger partial charge in [0.2, 0.25) is 0 Å². The molecule has 1 aliphatic heterocycles. The molecule has 0 bridgehead atoms. The highest BCUT2D eigenvalue weighted by Gasteiger charge is 2.34. The van der Waals surface area contributed by atoms with Crippen molar-refractivity contribution in [2.24, 2.45) is 0 Å². The second-order valence-corrected chi connectivity index (χ2v) is 8.75. The second-order valence-electron chi connectivity index (χ2n) is 7.67. The summed E-state index contributed by atoms with van der Waals surface area (Å²) < 4.78 is 1.70. The molecule has 1 aromatic carbocycles. The van der Waals surface area contributed by atoms with Crippen LogP contribution in [0.2, 0.25) is 0 Å². The molecule has 0 radical (unpaired) electrons. The van der Waals surface area contributed by atoms with Crippen LogP contribution >= 0.6 is 11.3 Å². The van der Waals surface area contributed by atoms with Gasteiger partial charge in [-0.05, 0) is 56.7 Å². The molecule has 2 aliphatic rings. The maximum Gasteiger partial charge on any atom is 0.262 e. The first-order valence-electron chi connectivity index (χ1n) is 10.0. The van der Waals surface area contributed by atoms with Crippen LogP contribution in [0.5, 0.6) is 0 Å². The SMILES string of the molecule is Cc1nc2sc3c(c2c(=O)n1CCCN1C(=O)c2ccccc2C1=O)CCCC3. The monoisotopic (exact) mass is 407 g/mol. The molecule has 1 aliphatic carbocycles. The van der Waals surface area contributed by atoms with E-state index in [9.17, 15) is 14.4 Å². The van der Waals surface area contributed by atoms with Crippen molar-refractivity contribution in [1.82, 2.24) is 14.5 Å². The summed E-state index contributed by atoms with van der Waals surface area (Å²) in [4.78, 5) is 46.3. The first-order chi connectivity index (χ1) is 14.1. The Kier molecular flexibility index (Phi) is 4.35. The lowest BCUT2D eigenvalue weighted by Crippen LogP contribution is -2.32. The fourth-order valence-corrected chi connectivity index (χ4v) is 5.73. The van der Waals surface area contributed by atoms with Gasteiger partial charge in [-0.1, -0.05) is 12.1 Å². The zero-order chi connectivity index (χ0) is 20.1. The molecule has 6 nitrogen and oxygen atoms in total. The minimum Gasteiger partial charge on any atom is -0.296 e. The van der Waals surface area contributed by atoms with Crippen LogP contribution in [0.25, 0.3) is 10.2 Å². The smallest absolute Gasteiger partial charge is 0.262 e. The van der Waals surface area contributed by atoms with E-state index in [0.29, 0.717) is 29.9 Å². The number of hydrogen-bond donors (Lipinski definition) is 0. The van der Waals surface area contributed by atoms with Gasteiger partial charge in [0.1, 0.15) is 10.7 Å². The van der Waals surface area contributed by atoms with Gasteiger partial charge in [-0.25, -0.2) is 4.98 Å². The van der Waals surface area contributed by atoms with Crippen LogP contribution in [0.15, 0.2) is 29.1 Å². The predicted octanol–water partition coefficient (Wildman–Crippen LogP) is 3.33. The van der Waals surface area contributed by atoms with Crippen molar-refractivity contribution in [3.05, 3.63) is 62.0 Å². The van der Waals surface area contributed by atoms with E-state index in [4.69, 9.17) is 0 Å². The molecule has 0 atom stereocenters. The minimum atomic E-state index is -0.254. The molecule has 0 fully saturated rings. The number of thiophene rings is 1. The summed E-state index contributed by atoms with van der Waals surface area (Å²) in [6, 6.07) is 6.89. The summed E-state index contributed by atoms with van der Waals surface area (Å²) in [6.45, 7) is 2.57. The zero-order valence-electron chi connectivity index (χ0n) is 16.2. The Morgan fingerprint density at radius 3 is 2.41 bits per heavy atom. The highest BCUT2D eigenvalue weighted by molar-refractivity contribution is 7.18. The van der Waals surface area contributed by atoms with Crippen LogP contribution in [0.1, 0.15) is 56.2 Å². The maximum absolute atomic E-state index is 13.2. The van der Waals surface area contributed by atoms with Gasteiger partial charge in [-0.15, -0.1) is 11.3 Å². The summed E-state index contributed by atoms with van der Waals surface area (Å²) in [5, 5.41) is 0.774. The van der Waals surface area contributed by atoms with Crippen molar-refractivity contribution in [1.29, 1.82) is 0 Å². The fourth-order valence-electron chi connectivity index (χ4n) is 4.43. The molecule has 148 valence electrons. The largest absolute Gasteiger partial charge is 0.296 e. The Balaban J connectivity index is 1.38. The molecule has 0 N–H and O–H groups in total. The Morgan fingerprint density at radius 2 is 1.69 bits per heavy atom. The van der Waals surface area contributed by atoms with E-state index in [0.717, 1.165) is 29.5 Å². The average Bonchev–Trinajstić information content (AvgIpc) is 3.21. The highest BCUT2D eigenvalue weighted by atomic mass is 32.1. The molecule has 3 heterocycles. The standard InChI is InChI=1S/C22H21N3O3S/c1-13-23-19-18(16-9-4-5-10-17(16)29-19)22(28)24(13)11-6-12-25-20(26)14-7-2-3-8-15(14)21(25)27/h2-3,7-8H,4-6,9-12H2,1H3. The van der Waals surface area contributed by atoms with Gasteiger partial charge in [0.05, 0.1) is 16.5 Å². The molecule has 0 saturated heterocycles. The molecule has 3 aromatic rings. The third-order valence-electron chi connectivity index (χ3n) is 5.91. The first kappa shape index (κ1) is 18.2. The Labute approximate surface area is 171 Å². The van der Waals surface area contributed by atoms with Crippen LogP contribution in [-0.2, 0) is 19.4 Å². The van der Waals surface area contributed by atoms with Crippen LogP contribution in [0, 0.1) is 6.92 Å². The van der Waals surface area contributed by atoms with Crippen molar-refractivity contribution >= 4 is 33.4 Å². The molecule has 0 unspecified atom stereocenters. The molecule has 0 spiro atoms. The number of fused-ring (bicyclic) bond motifs is 4. The average molecular weight is 407 g/mol. The minimum absolute atomic E-state index is 0.00858. The number of carbonyl (C=O) groups excluding carboxylic acids is 2. The van der Waals surface area contributed by atoms with Gasteiger partial charge in [0.25, 0.3) is 17.4 Å². The number of hydrogen-bond acceptors (Lipinski definition) is 5. The number of amides is 2. The first-order valence-corrected chi connectivity index (χ1v) is 10.8. The lowest BCUT2D eigenvalue weighted by atomic mass is 9.97. The number of imide groups is 1. The molecule has 7 heteroatoms. The number of aromatic nitrogens is 2. The zero-order valence-corrected chi connectivity index (χ0v) is 17.1. The molecule has 0 saturated carbocycles. The lowest BCUT2D eigenvalue weighted by molar-refractivity contribution is 0.0650. The van der Waals surface area contributed by atoms with Crippen molar-refractivity contribution in [3.63, 3.8) is 0 Å². The van der Waals surface area contributed by atoms with Crippen molar-refractivity contribution < 1.29 is 9.59 Å². The lowest BCUT2D eigenvalue weighted by Gasteiger charge is -2.15. The maximum atomic E-state index is 13.2. The van der Waals surface area contributed by atoms with Gasteiger partial charge >= 0.3 is 0 Å². The third-order valence-corrected chi connectivity index (χ3v) is 7.09. The number of aryl methyl sites for hydroxylation is 3. The van der Waals surface area contributed by atoms with E-state index in [1.807, 2.05) is 6.92 Å². The van der Waals surface area contributed by atoms with E-state index < -0.39 is 0 Å². The van der Waals surface area contributed by atoms with Crippen molar-refractivity contribution in [2.75, 3.05) is 6.54 Å². The highest BCUT2D eigenvalue weighted by Crippen LogP contribution is 2.33.